The highest BCUT2D eigenvalue weighted by Crippen LogP contribution is 2.34. The van der Waals surface area contributed by atoms with Crippen molar-refractivity contribution in [1.82, 2.24) is 4.98 Å². The molecule has 0 radical (unpaired) electrons. The normalized spacial score (nSPS) is 16.1. The van der Waals surface area contributed by atoms with Crippen molar-refractivity contribution in [3.8, 4) is 5.75 Å². The molecule has 0 fully saturated rings. The minimum absolute atomic E-state index is 0.192. The van der Waals surface area contributed by atoms with E-state index in [9.17, 15) is 0 Å². The average Bonchev–Trinajstić information content (AvgIpc) is 2.82. The number of H-pyrrole nitrogens is 1. The van der Waals surface area contributed by atoms with Crippen molar-refractivity contribution in [2.24, 2.45) is 5.73 Å². The third kappa shape index (κ3) is 1.39. The summed E-state index contributed by atoms with van der Waals surface area (Å²) in [5.41, 5.74) is 9.72. The molecule has 16 heavy (non-hydrogen) atoms. The molecule has 0 bridgehead atoms. The second-order valence-electron chi connectivity index (χ2n) is 4.56. The molecule has 3 heteroatoms. The van der Waals surface area contributed by atoms with Crippen LogP contribution in [0.1, 0.15) is 18.1 Å². The van der Waals surface area contributed by atoms with Crippen LogP contribution in [0.2, 0.25) is 0 Å². The number of aromatic nitrogens is 1. The maximum absolute atomic E-state index is 5.87. The Morgan fingerprint density at radius 2 is 2.38 bits per heavy atom. The highest BCUT2D eigenvalue weighted by molar-refractivity contribution is 5.89. The van der Waals surface area contributed by atoms with Crippen molar-refractivity contribution in [2.45, 2.75) is 25.8 Å². The molecule has 2 heterocycles. The Bertz CT molecular complexity index is 528. The first-order chi connectivity index (χ1) is 7.75. The molecule has 0 amide bonds. The third-order valence-corrected chi connectivity index (χ3v) is 3.14. The number of nitrogens with one attached hydrogen (secondary N) is 1. The van der Waals surface area contributed by atoms with Crippen LogP contribution in [0.15, 0.2) is 18.3 Å². The standard InChI is InChI=1S/C13H16N2O/c1-8(14)6-9-7-15-11-2-3-12-10(13(9)11)4-5-16-12/h2-3,7-8,15H,4-6,14H2,1H3/t8-/m0/s1. The third-order valence-electron chi connectivity index (χ3n) is 3.14. The summed E-state index contributed by atoms with van der Waals surface area (Å²) in [7, 11) is 0. The maximum atomic E-state index is 5.87. The van der Waals surface area contributed by atoms with E-state index in [1.807, 2.05) is 6.92 Å². The van der Waals surface area contributed by atoms with Crippen molar-refractivity contribution in [3.05, 3.63) is 29.5 Å². The van der Waals surface area contributed by atoms with Crippen LogP contribution in [0.25, 0.3) is 10.9 Å². The quantitative estimate of drug-likeness (QED) is 0.806. The molecule has 3 N–H and O–H groups in total. The number of fused-ring (bicyclic) bond motifs is 3. The van der Waals surface area contributed by atoms with E-state index in [4.69, 9.17) is 10.5 Å². The number of rotatable bonds is 2. The Hall–Kier alpha value is -1.48. The maximum Gasteiger partial charge on any atom is 0.123 e. The van der Waals surface area contributed by atoms with E-state index in [1.54, 1.807) is 0 Å². The Morgan fingerprint density at radius 3 is 3.19 bits per heavy atom. The summed E-state index contributed by atoms with van der Waals surface area (Å²) in [4.78, 5) is 3.31. The molecule has 0 spiro atoms. The molecule has 1 aromatic carbocycles. The van der Waals surface area contributed by atoms with Crippen molar-refractivity contribution in [3.63, 3.8) is 0 Å². The fourth-order valence-electron chi connectivity index (χ4n) is 2.51. The lowest BCUT2D eigenvalue weighted by Gasteiger charge is -2.06. The molecule has 1 aromatic heterocycles. The Balaban J connectivity index is 2.20. The summed E-state index contributed by atoms with van der Waals surface area (Å²) in [5, 5.41) is 1.33. The van der Waals surface area contributed by atoms with Gasteiger partial charge in [-0.1, -0.05) is 0 Å². The molecule has 0 saturated carbocycles. The van der Waals surface area contributed by atoms with Crippen LogP contribution in [-0.2, 0) is 12.8 Å². The molecule has 1 aliphatic heterocycles. The topological polar surface area (TPSA) is 51.0 Å². The molecule has 3 nitrogen and oxygen atoms in total. The Morgan fingerprint density at radius 1 is 1.50 bits per heavy atom. The van der Waals surface area contributed by atoms with Crippen LogP contribution in [0.3, 0.4) is 0 Å². The van der Waals surface area contributed by atoms with Gasteiger partial charge in [0.15, 0.2) is 0 Å². The number of benzene rings is 1. The van der Waals surface area contributed by atoms with E-state index in [-0.39, 0.29) is 6.04 Å². The van der Waals surface area contributed by atoms with Crippen molar-refractivity contribution in [2.75, 3.05) is 6.61 Å². The van der Waals surface area contributed by atoms with E-state index >= 15 is 0 Å². The fourth-order valence-corrected chi connectivity index (χ4v) is 2.51. The molecule has 2 aromatic rings. The van der Waals surface area contributed by atoms with Gasteiger partial charge in [-0.25, -0.2) is 0 Å². The van der Waals surface area contributed by atoms with E-state index in [0.717, 1.165) is 25.2 Å². The van der Waals surface area contributed by atoms with Crippen LogP contribution in [0.4, 0.5) is 0 Å². The van der Waals surface area contributed by atoms with Gasteiger partial charge in [-0.3, -0.25) is 0 Å². The van der Waals surface area contributed by atoms with Gasteiger partial charge in [0.2, 0.25) is 0 Å². The van der Waals surface area contributed by atoms with Crippen LogP contribution in [-0.4, -0.2) is 17.6 Å². The van der Waals surface area contributed by atoms with Gasteiger partial charge in [0.05, 0.1) is 6.61 Å². The lowest BCUT2D eigenvalue weighted by atomic mass is 10.0. The zero-order chi connectivity index (χ0) is 11.1. The average molecular weight is 216 g/mol. The molecular weight excluding hydrogens is 200 g/mol. The molecule has 1 atom stereocenters. The van der Waals surface area contributed by atoms with Crippen LogP contribution >= 0.6 is 0 Å². The second kappa shape index (κ2) is 3.52. The molecule has 0 unspecified atom stereocenters. The first kappa shape index (κ1) is 9.73. The van der Waals surface area contributed by atoms with Gasteiger partial charge in [-0.15, -0.1) is 0 Å². The largest absolute Gasteiger partial charge is 0.493 e. The predicted octanol–water partition coefficient (Wildman–Crippen LogP) is 1.99. The summed E-state index contributed by atoms with van der Waals surface area (Å²) < 4.78 is 5.59. The van der Waals surface area contributed by atoms with Crippen LogP contribution in [0, 0.1) is 0 Å². The monoisotopic (exact) mass is 216 g/mol. The fraction of sp³-hybridized carbons (Fsp3) is 0.385. The predicted molar refractivity (Wildman–Crippen MR) is 64.9 cm³/mol. The summed E-state index contributed by atoms with van der Waals surface area (Å²) in [5.74, 6) is 1.04. The van der Waals surface area contributed by atoms with E-state index in [2.05, 4.69) is 23.3 Å². The number of ether oxygens (including phenoxy) is 1. The van der Waals surface area contributed by atoms with Crippen LogP contribution in [0.5, 0.6) is 5.75 Å². The zero-order valence-corrected chi connectivity index (χ0v) is 9.42. The molecule has 0 saturated heterocycles. The lowest BCUT2D eigenvalue weighted by molar-refractivity contribution is 0.357. The highest BCUT2D eigenvalue weighted by atomic mass is 16.5. The van der Waals surface area contributed by atoms with Gasteiger partial charge in [-0.05, 0) is 31.0 Å². The Labute approximate surface area is 94.6 Å². The highest BCUT2D eigenvalue weighted by Gasteiger charge is 2.18. The van der Waals surface area contributed by atoms with Gasteiger partial charge in [0.25, 0.3) is 0 Å². The number of hydrogen-bond donors (Lipinski definition) is 2. The van der Waals surface area contributed by atoms with E-state index in [1.165, 1.54) is 22.0 Å². The van der Waals surface area contributed by atoms with Crippen molar-refractivity contribution < 1.29 is 4.74 Å². The molecule has 1 aliphatic rings. The SMILES string of the molecule is C[C@H](N)Cc1c[nH]c2ccc3c(c12)CCO3. The molecular formula is C13H16N2O. The van der Waals surface area contributed by atoms with Gasteiger partial charge in [0, 0.05) is 35.1 Å². The molecule has 84 valence electrons. The zero-order valence-electron chi connectivity index (χ0n) is 9.42. The van der Waals surface area contributed by atoms with Gasteiger partial charge in [-0.2, -0.15) is 0 Å². The number of hydrogen-bond acceptors (Lipinski definition) is 2. The summed E-state index contributed by atoms with van der Waals surface area (Å²) in [6.07, 6.45) is 4.00. The number of nitrogens with two attached hydrogens (primary N) is 1. The minimum Gasteiger partial charge on any atom is -0.493 e. The Kier molecular flexibility index (Phi) is 2.14. The molecule has 3 rings (SSSR count). The van der Waals surface area contributed by atoms with Crippen molar-refractivity contribution in [1.29, 1.82) is 0 Å². The minimum atomic E-state index is 0.192. The summed E-state index contributed by atoms with van der Waals surface area (Å²) >= 11 is 0. The first-order valence-corrected chi connectivity index (χ1v) is 5.76. The first-order valence-electron chi connectivity index (χ1n) is 5.76. The van der Waals surface area contributed by atoms with Gasteiger partial charge >= 0.3 is 0 Å². The smallest absolute Gasteiger partial charge is 0.123 e. The van der Waals surface area contributed by atoms with Crippen LogP contribution < -0.4 is 10.5 Å². The van der Waals surface area contributed by atoms with E-state index in [0.29, 0.717) is 0 Å². The van der Waals surface area contributed by atoms with Gasteiger partial charge < -0.3 is 15.5 Å². The van der Waals surface area contributed by atoms with Crippen molar-refractivity contribution >= 4 is 10.9 Å². The number of aromatic amines is 1. The molecule has 0 aliphatic carbocycles. The van der Waals surface area contributed by atoms with E-state index < -0.39 is 0 Å². The summed E-state index contributed by atoms with van der Waals surface area (Å²) in [6, 6.07) is 4.33. The van der Waals surface area contributed by atoms with Gasteiger partial charge in [0.1, 0.15) is 5.75 Å². The summed E-state index contributed by atoms with van der Waals surface area (Å²) in [6.45, 7) is 2.84. The lowest BCUT2D eigenvalue weighted by Crippen LogP contribution is -2.17. The second-order valence-corrected chi connectivity index (χ2v) is 4.56.